The molecule has 0 spiro atoms. The molecule has 0 aliphatic heterocycles. The third-order valence-corrected chi connectivity index (χ3v) is 12.4. The SMILES string of the molecule is c1cc(-c2cccc(-c3nc(-n4c5ccccc5c5ccccc54)nc(-n4c5ccccc5c5ccccc54)n3)c2)cc(-c2ccc3sc4ccccc4c3c2)c1. The van der Waals surface area contributed by atoms with E-state index in [0.717, 1.165) is 60.3 Å². The van der Waals surface area contributed by atoms with Crippen LogP contribution in [0.3, 0.4) is 0 Å². The molecule has 0 atom stereocenters. The lowest BCUT2D eigenvalue weighted by Gasteiger charge is -2.13. The minimum Gasteiger partial charge on any atom is -0.278 e. The predicted molar refractivity (Wildman–Crippen MR) is 238 cm³/mol. The van der Waals surface area contributed by atoms with Crippen molar-refractivity contribution in [1.29, 1.82) is 0 Å². The van der Waals surface area contributed by atoms with E-state index in [2.05, 4.69) is 197 Å². The number of hydrogen-bond acceptors (Lipinski definition) is 4. The Bertz CT molecular complexity index is 3310. The van der Waals surface area contributed by atoms with Crippen molar-refractivity contribution in [2.45, 2.75) is 0 Å². The van der Waals surface area contributed by atoms with E-state index < -0.39 is 0 Å². The van der Waals surface area contributed by atoms with E-state index in [9.17, 15) is 0 Å². The monoisotopic (exact) mass is 745 g/mol. The van der Waals surface area contributed by atoms with Gasteiger partial charge in [0.2, 0.25) is 11.9 Å². The maximum absolute atomic E-state index is 5.31. The summed E-state index contributed by atoms with van der Waals surface area (Å²) >= 11 is 1.85. The van der Waals surface area contributed by atoms with Crippen LogP contribution in [0.25, 0.3) is 109 Å². The highest BCUT2D eigenvalue weighted by molar-refractivity contribution is 7.25. The first kappa shape index (κ1) is 31.9. The Labute approximate surface area is 331 Å². The van der Waals surface area contributed by atoms with Crippen LogP contribution < -0.4 is 0 Å². The first-order valence-corrected chi connectivity index (χ1v) is 19.9. The second-order valence-electron chi connectivity index (χ2n) is 14.5. The van der Waals surface area contributed by atoms with Crippen molar-refractivity contribution in [1.82, 2.24) is 24.1 Å². The van der Waals surface area contributed by atoms with Crippen molar-refractivity contribution >= 4 is 75.1 Å². The summed E-state index contributed by atoms with van der Waals surface area (Å²) in [5.74, 6) is 1.74. The molecule has 8 aromatic carbocycles. The van der Waals surface area contributed by atoms with Gasteiger partial charge in [0.25, 0.3) is 0 Å². The van der Waals surface area contributed by atoms with E-state index in [1.165, 1.54) is 31.3 Å². The molecule has 0 fully saturated rings. The van der Waals surface area contributed by atoms with Crippen LogP contribution in [0, 0.1) is 0 Å². The first-order valence-electron chi connectivity index (χ1n) is 19.1. The Hall–Kier alpha value is -7.41. The molecule has 0 radical (unpaired) electrons. The van der Waals surface area contributed by atoms with Gasteiger partial charge < -0.3 is 0 Å². The van der Waals surface area contributed by atoms with Gasteiger partial charge in [-0.15, -0.1) is 11.3 Å². The van der Waals surface area contributed by atoms with Crippen molar-refractivity contribution < 1.29 is 0 Å². The normalized spacial score (nSPS) is 11.9. The number of rotatable bonds is 5. The standard InChI is InChI=1S/C51H31N5S/c1-6-22-43-37(17-1)38-18-2-7-23-44(38)55(43)50-52-49(53-51(54-50)56-45-24-8-3-19-39(45)40-20-4-9-25-46(40)56)36-16-12-15-34(30-36)32-13-11-14-33(29-32)35-27-28-48-42(31-35)41-21-5-10-26-47(41)57-48/h1-31H. The number of benzene rings is 8. The molecule has 0 aliphatic rings. The fraction of sp³-hybridized carbons (Fsp3) is 0. The average molecular weight is 746 g/mol. The smallest absolute Gasteiger partial charge is 0.240 e. The molecule has 4 aromatic heterocycles. The zero-order chi connectivity index (χ0) is 37.5. The lowest BCUT2D eigenvalue weighted by molar-refractivity contribution is 0.893. The number of nitrogens with zero attached hydrogens (tertiary/aromatic N) is 5. The van der Waals surface area contributed by atoms with Gasteiger partial charge in [-0.05, 0) is 76.9 Å². The van der Waals surface area contributed by atoms with Gasteiger partial charge in [-0.2, -0.15) is 15.0 Å². The zero-order valence-electron chi connectivity index (χ0n) is 30.5. The topological polar surface area (TPSA) is 48.5 Å². The van der Waals surface area contributed by atoms with Gasteiger partial charge in [0.05, 0.1) is 22.1 Å². The van der Waals surface area contributed by atoms with Crippen LogP contribution in [0.1, 0.15) is 0 Å². The van der Waals surface area contributed by atoms with Crippen LogP contribution in [0.5, 0.6) is 0 Å². The highest BCUT2D eigenvalue weighted by Crippen LogP contribution is 2.38. The second kappa shape index (κ2) is 12.6. The average Bonchev–Trinajstić information content (AvgIpc) is 3.94. The summed E-state index contributed by atoms with van der Waals surface area (Å²) in [5.41, 5.74) is 9.69. The van der Waals surface area contributed by atoms with Gasteiger partial charge in [0.1, 0.15) is 0 Å². The van der Waals surface area contributed by atoms with Gasteiger partial charge in [-0.25, -0.2) is 0 Å². The Morgan fingerprint density at radius 2 is 0.702 bits per heavy atom. The third-order valence-electron chi connectivity index (χ3n) is 11.2. The fourth-order valence-electron chi connectivity index (χ4n) is 8.58. The molecule has 6 heteroatoms. The van der Waals surface area contributed by atoms with Crippen LogP contribution >= 0.6 is 11.3 Å². The zero-order valence-corrected chi connectivity index (χ0v) is 31.4. The van der Waals surface area contributed by atoms with Gasteiger partial charge in [-0.1, -0.05) is 133 Å². The molecular formula is C51H31N5S. The van der Waals surface area contributed by atoms with E-state index >= 15 is 0 Å². The van der Waals surface area contributed by atoms with Gasteiger partial charge in [0.15, 0.2) is 5.82 Å². The number of aromatic nitrogens is 5. The Morgan fingerprint density at radius 1 is 0.298 bits per heavy atom. The molecule has 12 rings (SSSR count). The Balaban J connectivity index is 1.05. The molecule has 0 bridgehead atoms. The fourth-order valence-corrected chi connectivity index (χ4v) is 9.67. The molecule has 266 valence electrons. The highest BCUT2D eigenvalue weighted by atomic mass is 32.1. The molecular weight excluding hydrogens is 715 g/mol. The molecule has 0 aliphatic carbocycles. The second-order valence-corrected chi connectivity index (χ2v) is 15.6. The largest absolute Gasteiger partial charge is 0.278 e. The lowest BCUT2D eigenvalue weighted by atomic mass is 9.97. The third kappa shape index (κ3) is 5.04. The van der Waals surface area contributed by atoms with Crippen molar-refractivity contribution in [3.8, 4) is 45.5 Å². The van der Waals surface area contributed by atoms with Crippen LogP contribution in [-0.2, 0) is 0 Å². The summed E-state index contributed by atoms with van der Waals surface area (Å²) in [6, 6.07) is 66.8. The van der Waals surface area contributed by atoms with E-state index in [-0.39, 0.29) is 0 Å². The molecule has 0 unspecified atom stereocenters. The summed E-state index contributed by atoms with van der Waals surface area (Å²) in [6.45, 7) is 0. The van der Waals surface area contributed by atoms with Crippen LogP contribution in [0.2, 0.25) is 0 Å². The van der Waals surface area contributed by atoms with E-state index in [4.69, 9.17) is 15.0 Å². The molecule has 57 heavy (non-hydrogen) atoms. The number of hydrogen-bond donors (Lipinski definition) is 0. The number of fused-ring (bicyclic) bond motifs is 9. The van der Waals surface area contributed by atoms with Crippen molar-refractivity contribution in [3.63, 3.8) is 0 Å². The summed E-state index contributed by atoms with van der Waals surface area (Å²) in [4.78, 5) is 15.9. The summed E-state index contributed by atoms with van der Waals surface area (Å²) in [6.07, 6.45) is 0. The van der Waals surface area contributed by atoms with Gasteiger partial charge >= 0.3 is 0 Å². The molecule has 12 aromatic rings. The molecule has 0 amide bonds. The maximum atomic E-state index is 5.31. The minimum atomic E-state index is 0.568. The van der Waals surface area contributed by atoms with Crippen LogP contribution in [0.4, 0.5) is 0 Å². The van der Waals surface area contributed by atoms with E-state index in [0.29, 0.717) is 17.7 Å². The number of para-hydroxylation sites is 4. The summed E-state index contributed by atoms with van der Waals surface area (Å²) in [7, 11) is 0. The quantitative estimate of drug-likeness (QED) is 0.176. The Kier molecular flexibility index (Phi) is 7.03. The first-order chi connectivity index (χ1) is 28.2. The minimum absolute atomic E-state index is 0.568. The van der Waals surface area contributed by atoms with Crippen molar-refractivity contribution in [3.05, 3.63) is 188 Å². The Morgan fingerprint density at radius 3 is 1.23 bits per heavy atom. The van der Waals surface area contributed by atoms with E-state index in [1.54, 1.807) is 0 Å². The van der Waals surface area contributed by atoms with Crippen molar-refractivity contribution in [2.24, 2.45) is 0 Å². The van der Waals surface area contributed by atoms with E-state index in [1.807, 2.05) is 11.3 Å². The highest BCUT2D eigenvalue weighted by Gasteiger charge is 2.20. The molecule has 0 N–H and O–H groups in total. The maximum Gasteiger partial charge on any atom is 0.240 e. The number of thiophene rings is 1. The predicted octanol–water partition coefficient (Wildman–Crippen LogP) is 13.4. The summed E-state index contributed by atoms with van der Waals surface area (Å²) < 4.78 is 6.97. The molecule has 0 saturated carbocycles. The van der Waals surface area contributed by atoms with Crippen LogP contribution in [0.15, 0.2) is 188 Å². The van der Waals surface area contributed by atoms with Gasteiger partial charge in [0, 0.05) is 47.3 Å². The molecule has 0 saturated heterocycles. The summed E-state index contributed by atoms with van der Waals surface area (Å²) in [5, 5.41) is 7.22. The lowest BCUT2D eigenvalue weighted by Crippen LogP contribution is -2.10. The van der Waals surface area contributed by atoms with Crippen LogP contribution in [-0.4, -0.2) is 24.1 Å². The van der Waals surface area contributed by atoms with Gasteiger partial charge in [-0.3, -0.25) is 9.13 Å². The molecule has 5 nitrogen and oxygen atoms in total. The molecule has 4 heterocycles. The van der Waals surface area contributed by atoms with Crippen molar-refractivity contribution in [2.75, 3.05) is 0 Å².